The first kappa shape index (κ1) is 18.8. The second-order valence-electron chi connectivity index (χ2n) is 8.55. The number of hydrogen-bond acceptors (Lipinski definition) is 5. The fourth-order valence-corrected chi connectivity index (χ4v) is 5.19. The molecule has 1 atom stereocenters. The van der Waals surface area contributed by atoms with E-state index in [9.17, 15) is 9.59 Å². The highest BCUT2D eigenvalue weighted by molar-refractivity contribution is 5.83. The van der Waals surface area contributed by atoms with Crippen molar-refractivity contribution in [1.82, 2.24) is 19.4 Å². The largest absolute Gasteiger partial charge is 0.368 e. The number of aromatic nitrogens is 3. The Hall–Kier alpha value is -3.22. The Balaban J connectivity index is 1.44. The van der Waals surface area contributed by atoms with Gasteiger partial charge in [0.1, 0.15) is 6.54 Å². The topological polar surface area (TPSA) is 94.1 Å². The average Bonchev–Trinajstić information content (AvgIpc) is 3.08. The van der Waals surface area contributed by atoms with Crippen LogP contribution in [0, 0.1) is 6.92 Å². The van der Waals surface area contributed by atoms with Crippen molar-refractivity contribution in [2.24, 2.45) is 0 Å². The fourth-order valence-electron chi connectivity index (χ4n) is 5.19. The molecule has 2 N–H and O–H groups in total. The second-order valence-corrected chi connectivity index (χ2v) is 8.55. The predicted octanol–water partition coefficient (Wildman–Crippen LogP) is 2.19. The molecule has 0 saturated carbocycles. The maximum atomic E-state index is 13.3. The minimum atomic E-state index is -0.124. The number of anilines is 1. The standard InChI is InChI=1S/C23H25N5O2/c1-15-11-19(29)17-5-2-3-6-18(17)28(15)13-20(30)27-10-4-8-23(14-27)9-7-16-12-25-22(24)26-21(16)23/h2-3,5-6,11-12H,4,7-10,13-14H2,1H3,(H2,24,25,26). The van der Waals surface area contributed by atoms with E-state index in [1.54, 1.807) is 6.07 Å². The molecule has 154 valence electrons. The van der Waals surface area contributed by atoms with Crippen LogP contribution in [0.15, 0.2) is 41.3 Å². The molecule has 30 heavy (non-hydrogen) atoms. The van der Waals surface area contributed by atoms with E-state index < -0.39 is 0 Å². The van der Waals surface area contributed by atoms with Crippen molar-refractivity contribution in [2.75, 3.05) is 18.8 Å². The Morgan fingerprint density at radius 1 is 1.27 bits per heavy atom. The molecule has 1 aromatic carbocycles. The van der Waals surface area contributed by atoms with Crippen molar-refractivity contribution in [2.45, 2.75) is 44.6 Å². The van der Waals surface area contributed by atoms with Gasteiger partial charge >= 0.3 is 0 Å². The van der Waals surface area contributed by atoms with Crippen LogP contribution in [0.25, 0.3) is 10.9 Å². The maximum Gasteiger partial charge on any atom is 0.242 e. The molecule has 7 nitrogen and oxygen atoms in total. The van der Waals surface area contributed by atoms with Gasteiger partial charge in [0.15, 0.2) is 5.43 Å². The highest BCUT2D eigenvalue weighted by atomic mass is 16.2. The molecule has 0 radical (unpaired) electrons. The molecular formula is C23H25N5O2. The highest BCUT2D eigenvalue weighted by Gasteiger charge is 2.44. The SMILES string of the molecule is Cc1cc(=O)c2ccccc2n1CC(=O)N1CCCC2(CCc3cnc(N)nc32)C1. The Kier molecular flexibility index (Phi) is 4.34. The van der Waals surface area contributed by atoms with E-state index in [0.29, 0.717) is 17.9 Å². The Labute approximate surface area is 174 Å². The van der Waals surface area contributed by atoms with Crippen molar-refractivity contribution in [3.8, 4) is 0 Å². The molecule has 3 heterocycles. The van der Waals surface area contributed by atoms with Crippen LogP contribution in [0.3, 0.4) is 0 Å². The van der Waals surface area contributed by atoms with Gasteiger partial charge in [-0.2, -0.15) is 0 Å². The number of hydrogen-bond donors (Lipinski definition) is 1. The van der Waals surface area contributed by atoms with Gasteiger partial charge in [-0.05, 0) is 50.3 Å². The third-order valence-electron chi connectivity index (χ3n) is 6.71. The number of carbonyl (C=O) groups is 1. The predicted molar refractivity (Wildman–Crippen MR) is 115 cm³/mol. The van der Waals surface area contributed by atoms with Gasteiger partial charge in [0.05, 0.1) is 11.2 Å². The van der Waals surface area contributed by atoms with Gasteiger partial charge < -0.3 is 15.2 Å². The van der Waals surface area contributed by atoms with Crippen molar-refractivity contribution in [1.29, 1.82) is 0 Å². The van der Waals surface area contributed by atoms with Crippen LogP contribution in [0.1, 0.15) is 36.2 Å². The Morgan fingerprint density at radius 3 is 2.97 bits per heavy atom. The molecule has 1 amide bonds. The number of benzene rings is 1. The number of rotatable bonds is 2. The molecule has 7 heteroatoms. The normalized spacial score (nSPS) is 20.6. The summed E-state index contributed by atoms with van der Waals surface area (Å²) in [5, 5.41) is 0.642. The van der Waals surface area contributed by atoms with Crippen LogP contribution in [0.5, 0.6) is 0 Å². The summed E-state index contributed by atoms with van der Waals surface area (Å²) in [6.07, 6.45) is 5.70. The molecule has 2 aliphatic rings. The Bertz CT molecular complexity index is 1210. The highest BCUT2D eigenvalue weighted by Crippen LogP contribution is 2.44. The molecule has 1 saturated heterocycles. The van der Waals surface area contributed by atoms with E-state index in [4.69, 9.17) is 5.73 Å². The number of carbonyl (C=O) groups excluding carboxylic acids is 1. The van der Waals surface area contributed by atoms with Crippen molar-refractivity contribution in [3.05, 3.63) is 63.7 Å². The van der Waals surface area contributed by atoms with Crippen molar-refractivity contribution in [3.63, 3.8) is 0 Å². The lowest BCUT2D eigenvalue weighted by Gasteiger charge is -2.40. The van der Waals surface area contributed by atoms with Crippen LogP contribution in [0.2, 0.25) is 0 Å². The number of likely N-dealkylation sites (tertiary alicyclic amines) is 1. The molecule has 1 fully saturated rings. The summed E-state index contributed by atoms with van der Waals surface area (Å²) in [5.74, 6) is 0.371. The number of amides is 1. The van der Waals surface area contributed by atoms with E-state index in [-0.39, 0.29) is 23.3 Å². The quantitative estimate of drug-likeness (QED) is 0.708. The number of pyridine rings is 1. The van der Waals surface area contributed by atoms with Gasteiger partial charge in [0.2, 0.25) is 11.9 Å². The summed E-state index contributed by atoms with van der Waals surface area (Å²) < 4.78 is 1.95. The summed E-state index contributed by atoms with van der Waals surface area (Å²) >= 11 is 0. The maximum absolute atomic E-state index is 13.3. The first-order valence-electron chi connectivity index (χ1n) is 10.5. The smallest absolute Gasteiger partial charge is 0.242 e. The summed E-state index contributed by atoms with van der Waals surface area (Å²) in [6.45, 7) is 3.51. The summed E-state index contributed by atoms with van der Waals surface area (Å²) in [7, 11) is 0. The van der Waals surface area contributed by atoms with Gasteiger partial charge in [-0.25, -0.2) is 9.97 Å². The zero-order valence-electron chi connectivity index (χ0n) is 17.1. The lowest BCUT2D eigenvalue weighted by molar-refractivity contribution is -0.134. The second kappa shape index (κ2) is 6.93. The van der Waals surface area contributed by atoms with E-state index >= 15 is 0 Å². The number of nitrogens with zero attached hydrogens (tertiary/aromatic N) is 4. The van der Waals surface area contributed by atoms with Crippen molar-refractivity contribution >= 4 is 22.8 Å². The molecule has 3 aromatic rings. The number of aryl methyl sites for hydroxylation is 2. The monoisotopic (exact) mass is 403 g/mol. The minimum Gasteiger partial charge on any atom is -0.368 e. The van der Waals surface area contributed by atoms with Crippen LogP contribution in [-0.2, 0) is 23.2 Å². The molecule has 1 aliphatic heterocycles. The van der Waals surface area contributed by atoms with Gasteiger partial charge in [0.25, 0.3) is 0 Å². The fraction of sp³-hybridized carbons (Fsp3) is 0.391. The average molecular weight is 403 g/mol. The van der Waals surface area contributed by atoms with Gasteiger partial charge in [-0.15, -0.1) is 0 Å². The molecule has 5 rings (SSSR count). The van der Waals surface area contributed by atoms with E-state index in [1.807, 2.05) is 46.9 Å². The van der Waals surface area contributed by atoms with E-state index in [0.717, 1.165) is 54.7 Å². The first-order chi connectivity index (χ1) is 14.5. The lowest BCUT2D eigenvalue weighted by Crippen LogP contribution is -2.49. The number of nitrogen functional groups attached to an aromatic ring is 1. The van der Waals surface area contributed by atoms with Gasteiger partial charge in [-0.1, -0.05) is 12.1 Å². The van der Waals surface area contributed by atoms with E-state index in [2.05, 4.69) is 9.97 Å². The summed E-state index contributed by atoms with van der Waals surface area (Å²) in [5.41, 5.74) is 9.51. The third-order valence-corrected chi connectivity index (χ3v) is 6.71. The van der Waals surface area contributed by atoms with Crippen LogP contribution < -0.4 is 11.2 Å². The lowest BCUT2D eigenvalue weighted by atomic mass is 9.77. The molecule has 2 aromatic heterocycles. The first-order valence-corrected chi connectivity index (χ1v) is 10.5. The third kappa shape index (κ3) is 2.96. The number of piperidine rings is 1. The number of nitrogens with two attached hydrogens (primary N) is 1. The summed E-state index contributed by atoms with van der Waals surface area (Å²) in [6, 6.07) is 9.08. The number of para-hydroxylation sites is 1. The number of fused-ring (bicyclic) bond motifs is 3. The molecular weight excluding hydrogens is 378 g/mol. The van der Waals surface area contributed by atoms with Crippen LogP contribution in [0.4, 0.5) is 5.95 Å². The van der Waals surface area contributed by atoms with Gasteiger partial charge in [0, 0.05) is 41.8 Å². The zero-order chi connectivity index (χ0) is 20.9. The van der Waals surface area contributed by atoms with Crippen LogP contribution >= 0.6 is 0 Å². The van der Waals surface area contributed by atoms with Crippen molar-refractivity contribution < 1.29 is 4.79 Å². The Morgan fingerprint density at radius 2 is 2.10 bits per heavy atom. The minimum absolute atomic E-state index is 0.0106. The molecule has 0 bridgehead atoms. The summed E-state index contributed by atoms with van der Waals surface area (Å²) in [4.78, 5) is 36.3. The molecule has 1 spiro atoms. The molecule has 1 unspecified atom stereocenters. The van der Waals surface area contributed by atoms with E-state index in [1.165, 1.54) is 0 Å². The van der Waals surface area contributed by atoms with Gasteiger partial charge in [-0.3, -0.25) is 9.59 Å². The zero-order valence-corrected chi connectivity index (χ0v) is 17.1. The van der Waals surface area contributed by atoms with Crippen LogP contribution in [-0.4, -0.2) is 38.4 Å². The molecule has 1 aliphatic carbocycles.